The number of aryl methyl sites for hydroxylation is 1. The van der Waals surface area contributed by atoms with Gasteiger partial charge in [-0.15, -0.1) is 0 Å². The van der Waals surface area contributed by atoms with Gasteiger partial charge < -0.3 is 5.32 Å². The molecule has 0 fully saturated rings. The van der Waals surface area contributed by atoms with Crippen LogP contribution in [0.25, 0.3) is 0 Å². The van der Waals surface area contributed by atoms with Crippen LogP contribution in [0.4, 0.5) is 14.5 Å². The van der Waals surface area contributed by atoms with Gasteiger partial charge in [0.1, 0.15) is 11.6 Å². The standard InChI is InChI=1S/C15H13Cl2F2N/c1-8-6-13(19)14(7-12(8)18)20-9(2)10-4-3-5-11(16)15(10)17/h3-7,9,20H,1-2H3. The zero-order valence-corrected chi connectivity index (χ0v) is 12.5. The number of halogens is 4. The molecule has 0 radical (unpaired) electrons. The Balaban J connectivity index is 2.30. The van der Waals surface area contributed by atoms with E-state index in [1.165, 1.54) is 6.92 Å². The molecule has 1 N–H and O–H groups in total. The molecule has 2 rings (SSSR count). The summed E-state index contributed by atoms with van der Waals surface area (Å²) < 4.78 is 27.3. The summed E-state index contributed by atoms with van der Waals surface area (Å²) in [5.41, 5.74) is 1.08. The van der Waals surface area contributed by atoms with Gasteiger partial charge in [-0.05, 0) is 37.1 Å². The van der Waals surface area contributed by atoms with Gasteiger partial charge in [-0.1, -0.05) is 35.3 Å². The highest BCUT2D eigenvalue weighted by atomic mass is 35.5. The smallest absolute Gasteiger partial charge is 0.146 e. The molecule has 0 saturated carbocycles. The molecule has 0 aliphatic heterocycles. The van der Waals surface area contributed by atoms with E-state index in [9.17, 15) is 8.78 Å². The largest absolute Gasteiger partial charge is 0.376 e. The van der Waals surface area contributed by atoms with Gasteiger partial charge in [0.2, 0.25) is 0 Å². The molecule has 0 amide bonds. The maximum Gasteiger partial charge on any atom is 0.146 e. The van der Waals surface area contributed by atoms with E-state index >= 15 is 0 Å². The molecular weight excluding hydrogens is 303 g/mol. The Hall–Kier alpha value is -1.32. The molecule has 1 nitrogen and oxygen atoms in total. The molecule has 0 aromatic heterocycles. The molecular formula is C15H13Cl2F2N. The van der Waals surface area contributed by atoms with Crippen LogP contribution in [0.15, 0.2) is 30.3 Å². The lowest BCUT2D eigenvalue weighted by Crippen LogP contribution is -2.09. The summed E-state index contributed by atoms with van der Waals surface area (Å²) in [6.07, 6.45) is 0. The number of anilines is 1. The zero-order valence-electron chi connectivity index (χ0n) is 11.0. The Morgan fingerprint density at radius 2 is 1.80 bits per heavy atom. The normalized spacial score (nSPS) is 12.3. The molecule has 0 aliphatic carbocycles. The fraction of sp³-hybridized carbons (Fsp3) is 0.200. The van der Waals surface area contributed by atoms with Crippen LogP contribution in [-0.4, -0.2) is 0 Å². The van der Waals surface area contributed by atoms with Crippen LogP contribution in [0.1, 0.15) is 24.1 Å². The van der Waals surface area contributed by atoms with Crippen molar-refractivity contribution in [1.29, 1.82) is 0 Å². The van der Waals surface area contributed by atoms with E-state index in [0.29, 0.717) is 10.0 Å². The average molecular weight is 316 g/mol. The molecule has 0 spiro atoms. The van der Waals surface area contributed by atoms with Gasteiger partial charge >= 0.3 is 0 Å². The van der Waals surface area contributed by atoms with Gasteiger partial charge in [-0.3, -0.25) is 0 Å². The molecule has 106 valence electrons. The maximum absolute atomic E-state index is 13.8. The number of rotatable bonds is 3. The lowest BCUT2D eigenvalue weighted by Gasteiger charge is -2.18. The van der Waals surface area contributed by atoms with Crippen LogP contribution in [0.3, 0.4) is 0 Å². The summed E-state index contributed by atoms with van der Waals surface area (Å²) in [6.45, 7) is 3.31. The first-order chi connectivity index (χ1) is 9.40. The van der Waals surface area contributed by atoms with Crippen molar-refractivity contribution >= 4 is 28.9 Å². The summed E-state index contributed by atoms with van der Waals surface area (Å²) in [6, 6.07) is 7.20. The minimum Gasteiger partial charge on any atom is -0.376 e. The van der Waals surface area contributed by atoms with Crippen molar-refractivity contribution in [2.24, 2.45) is 0 Å². The average Bonchev–Trinajstić information content (AvgIpc) is 2.39. The second-order valence-electron chi connectivity index (χ2n) is 4.59. The predicted octanol–water partition coefficient (Wildman–Crippen LogP) is 5.75. The first-order valence-electron chi connectivity index (χ1n) is 6.06. The topological polar surface area (TPSA) is 12.0 Å². The van der Waals surface area contributed by atoms with E-state index < -0.39 is 11.6 Å². The first kappa shape index (κ1) is 15.1. The van der Waals surface area contributed by atoms with Crippen LogP contribution >= 0.6 is 23.2 Å². The first-order valence-corrected chi connectivity index (χ1v) is 6.82. The molecule has 2 aromatic carbocycles. The van der Waals surface area contributed by atoms with Gasteiger partial charge in [0.15, 0.2) is 0 Å². The summed E-state index contributed by atoms with van der Waals surface area (Å²) in [4.78, 5) is 0. The SMILES string of the molecule is Cc1cc(F)c(NC(C)c2cccc(Cl)c2Cl)cc1F. The van der Waals surface area contributed by atoms with Crippen molar-refractivity contribution < 1.29 is 8.78 Å². The molecule has 5 heteroatoms. The van der Waals surface area contributed by atoms with E-state index in [1.807, 2.05) is 0 Å². The summed E-state index contributed by atoms with van der Waals surface area (Å²) >= 11 is 12.1. The third kappa shape index (κ3) is 3.05. The molecule has 1 atom stereocenters. The van der Waals surface area contributed by atoms with E-state index in [-0.39, 0.29) is 17.3 Å². The third-order valence-electron chi connectivity index (χ3n) is 3.07. The van der Waals surface area contributed by atoms with Crippen molar-refractivity contribution in [2.75, 3.05) is 5.32 Å². The highest BCUT2D eigenvalue weighted by molar-refractivity contribution is 6.42. The van der Waals surface area contributed by atoms with E-state index in [1.54, 1.807) is 25.1 Å². The zero-order chi connectivity index (χ0) is 14.9. The van der Waals surface area contributed by atoms with Gasteiger partial charge in [0.25, 0.3) is 0 Å². The Morgan fingerprint density at radius 1 is 1.10 bits per heavy atom. The summed E-state index contributed by atoms with van der Waals surface area (Å²) in [5.74, 6) is -0.966. The van der Waals surface area contributed by atoms with Crippen molar-refractivity contribution in [1.82, 2.24) is 0 Å². The number of benzene rings is 2. The summed E-state index contributed by atoms with van der Waals surface area (Å²) in [7, 11) is 0. The molecule has 2 aromatic rings. The minimum absolute atomic E-state index is 0.0941. The van der Waals surface area contributed by atoms with E-state index in [0.717, 1.165) is 17.7 Å². The molecule has 0 heterocycles. The fourth-order valence-electron chi connectivity index (χ4n) is 1.92. The highest BCUT2D eigenvalue weighted by Crippen LogP contribution is 2.32. The quantitative estimate of drug-likeness (QED) is 0.760. The van der Waals surface area contributed by atoms with Crippen molar-refractivity contribution in [3.63, 3.8) is 0 Å². The Labute approximate surface area is 126 Å². The van der Waals surface area contributed by atoms with Crippen LogP contribution in [0, 0.1) is 18.6 Å². The van der Waals surface area contributed by atoms with Crippen molar-refractivity contribution in [3.05, 3.63) is 63.1 Å². The lowest BCUT2D eigenvalue weighted by atomic mass is 10.1. The minimum atomic E-state index is -0.506. The van der Waals surface area contributed by atoms with Gasteiger partial charge in [0, 0.05) is 6.07 Å². The van der Waals surface area contributed by atoms with Gasteiger partial charge in [-0.2, -0.15) is 0 Å². The molecule has 20 heavy (non-hydrogen) atoms. The Bertz CT molecular complexity index is 644. The number of hydrogen-bond acceptors (Lipinski definition) is 1. The second-order valence-corrected chi connectivity index (χ2v) is 5.38. The molecule has 0 aliphatic rings. The highest BCUT2D eigenvalue weighted by Gasteiger charge is 2.14. The maximum atomic E-state index is 13.8. The van der Waals surface area contributed by atoms with Crippen LogP contribution in [-0.2, 0) is 0 Å². The third-order valence-corrected chi connectivity index (χ3v) is 3.90. The van der Waals surface area contributed by atoms with Gasteiger partial charge in [-0.25, -0.2) is 8.78 Å². The molecule has 0 saturated heterocycles. The summed E-state index contributed by atoms with van der Waals surface area (Å²) in [5, 5.41) is 3.73. The Kier molecular flexibility index (Phi) is 4.51. The lowest BCUT2D eigenvalue weighted by molar-refractivity contribution is 0.593. The molecule has 0 bridgehead atoms. The van der Waals surface area contributed by atoms with Crippen LogP contribution in [0.5, 0.6) is 0 Å². The Morgan fingerprint density at radius 3 is 2.50 bits per heavy atom. The van der Waals surface area contributed by atoms with Crippen molar-refractivity contribution in [3.8, 4) is 0 Å². The van der Waals surface area contributed by atoms with E-state index in [4.69, 9.17) is 23.2 Å². The number of hydrogen-bond donors (Lipinski definition) is 1. The van der Waals surface area contributed by atoms with Crippen LogP contribution < -0.4 is 5.32 Å². The van der Waals surface area contributed by atoms with Crippen molar-refractivity contribution in [2.45, 2.75) is 19.9 Å². The second kappa shape index (κ2) is 5.98. The molecule has 1 unspecified atom stereocenters. The van der Waals surface area contributed by atoms with Crippen LogP contribution in [0.2, 0.25) is 10.0 Å². The predicted molar refractivity (Wildman–Crippen MR) is 79.6 cm³/mol. The van der Waals surface area contributed by atoms with E-state index in [2.05, 4.69) is 5.32 Å². The number of nitrogens with one attached hydrogen (secondary N) is 1. The fourth-order valence-corrected chi connectivity index (χ4v) is 2.39. The van der Waals surface area contributed by atoms with Gasteiger partial charge in [0.05, 0.1) is 21.8 Å². The monoisotopic (exact) mass is 315 g/mol.